The average molecular weight is 707 g/mol. The van der Waals surface area contributed by atoms with Gasteiger partial charge in [0, 0.05) is 61.7 Å². The third-order valence-corrected chi connectivity index (χ3v) is 10.4. The molecule has 0 amide bonds. The van der Waals surface area contributed by atoms with E-state index in [0.29, 0.717) is 86.0 Å². The molecular weight excluding hydrogens is 662 g/mol. The molecule has 1 aromatic carbocycles. The van der Waals surface area contributed by atoms with Crippen LogP contribution in [0.3, 0.4) is 0 Å². The SMILES string of the molecule is CC1(C)Cc2nc(C3CCN(c4ncc(OCCCO)cn4)CC3)c(C(F)c3ccc(C(F)(F)F)cc3)c(C3CCC(F)(F)CC3)c2[C@@H](O)C1. The molecule has 3 aromatic rings. The fourth-order valence-electron chi connectivity index (χ4n) is 7.87. The molecule has 2 aliphatic carbocycles. The van der Waals surface area contributed by atoms with Crippen molar-refractivity contribution in [2.75, 3.05) is 31.2 Å². The molecule has 13 heteroatoms. The van der Waals surface area contributed by atoms with E-state index in [9.17, 15) is 27.1 Å². The Balaban J connectivity index is 1.39. The van der Waals surface area contributed by atoms with Crippen LogP contribution < -0.4 is 9.64 Å². The molecule has 2 atom stereocenters. The van der Waals surface area contributed by atoms with Gasteiger partial charge in [-0.1, -0.05) is 26.0 Å². The number of pyridine rings is 1. The second-order valence-electron chi connectivity index (χ2n) is 14.8. The van der Waals surface area contributed by atoms with Gasteiger partial charge in [-0.25, -0.2) is 23.1 Å². The first kappa shape index (κ1) is 36.3. The number of hydrogen-bond donors (Lipinski definition) is 2. The number of piperidine rings is 1. The standard InChI is InChI=1S/C37H44F6N4O3/c1-35(2)18-27-30(28(49)19-35)29(22-8-12-36(39,40)13-9-22)31(32(38)23-4-6-25(7-5-23)37(41,42)43)33(46-27)24-10-14-47(15-11-24)34-44-20-26(21-45-34)50-17-3-16-48/h4-7,20-22,24,28,32,48-49H,3,8-19H2,1-2H3/t28-,32?/m0/s1. The lowest BCUT2D eigenvalue weighted by molar-refractivity contribution is -0.137. The Kier molecular flexibility index (Phi) is 10.4. The number of benzene rings is 1. The lowest BCUT2D eigenvalue weighted by Crippen LogP contribution is -2.36. The van der Waals surface area contributed by atoms with Gasteiger partial charge in [0.25, 0.3) is 0 Å². The van der Waals surface area contributed by atoms with Crippen molar-refractivity contribution in [3.8, 4) is 5.75 Å². The van der Waals surface area contributed by atoms with Crippen molar-refractivity contribution < 1.29 is 41.3 Å². The van der Waals surface area contributed by atoms with Crippen LogP contribution in [0.4, 0.5) is 32.3 Å². The van der Waals surface area contributed by atoms with Crippen LogP contribution in [0, 0.1) is 5.41 Å². The second kappa shape index (κ2) is 14.3. The fourth-order valence-corrected chi connectivity index (χ4v) is 7.87. The summed E-state index contributed by atoms with van der Waals surface area (Å²) in [4.78, 5) is 16.0. The molecule has 1 unspecified atom stereocenters. The predicted octanol–water partition coefficient (Wildman–Crippen LogP) is 8.39. The Hall–Kier alpha value is -3.45. The number of aliphatic hydroxyl groups excluding tert-OH is 2. The van der Waals surface area contributed by atoms with Crippen molar-refractivity contribution >= 4 is 5.95 Å². The number of hydrogen-bond acceptors (Lipinski definition) is 7. The van der Waals surface area contributed by atoms with Crippen LogP contribution >= 0.6 is 0 Å². The van der Waals surface area contributed by atoms with Crippen LogP contribution in [0.25, 0.3) is 0 Å². The smallest absolute Gasteiger partial charge is 0.416 e. The molecule has 0 spiro atoms. The van der Waals surface area contributed by atoms with Crippen LogP contribution in [0.5, 0.6) is 5.75 Å². The Morgan fingerprint density at radius 3 is 2.20 bits per heavy atom. The average Bonchev–Trinajstić information content (AvgIpc) is 3.07. The molecule has 6 rings (SSSR count). The number of halogens is 6. The van der Waals surface area contributed by atoms with Crippen LogP contribution in [-0.2, 0) is 12.6 Å². The molecule has 0 bridgehead atoms. The molecule has 2 fully saturated rings. The zero-order chi connectivity index (χ0) is 35.8. The van der Waals surface area contributed by atoms with Gasteiger partial charge in [0.05, 0.1) is 36.4 Å². The summed E-state index contributed by atoms with van der Waals surface area (Å²) in [6.45, 7) is 5.43. The summed E-state index contributed by atoms with van der Waals surface area (Å²) in [5.74, 6) is -2.57. The van der Waals surface area contributed by atoms with Gasteiger partial charge in [0.1, 0.15) is 0 Å². The van der Waals surface area contributed by atoms with Crippen molar-refractivity contribution in [1.29, 1.82) is 0 Å². The number of ether oxygens (including phenoxy) is 1. The van der Waals surface area contributed by atoms with Crippen LogP contribution in [0.15, 0.2) is 36.7 Å². The normalized spacial score (nSPS) is 21.9. The van der Waals surface area contributed by atoms with E-state index in [1.54, 1.807) is 12.4 Å². The molecule has 3 aliphatic rings. The van der Waals surface area contributed by atoms with E-state index >= 15 is 4.39 Å². The summed E-state index contributed by atoms with van der Waals surface area (Å²) in [6.07, 6.45) is -2.39. The molecule has 3 heterocycles. The maximum Gasteiger partial charge on any atom is 0.416 e. The van der Waals surface area contributed by atoms with Crippen LogP contribution in [0.1, 0.15) is 129 Å². The molecule has 2 aromatic heterocycles. The van der Waals surface area contributed by atoms with E-state index in [-0.39, 0.29) is 54.7 Å². The Morgan fingerprint density at radius 1 is 0.960 bits per heavy atom. The molecule has 50 heavy (non-hydrogen) atoms. The molecule has 0 radical (unpaired) electrons. The second-order valence-corrected chi connectivity index (χ2v) is 14.8. The highest BCUT2D eigenvalue weighted by atomic mass is 19.4. The fraction of sp³-hybridized carbons (Fsp3) is 0.595. The Labute approximate surface area is 288 Å². The largest absolute Gasteiger partial charge is 0.490 e. The quantitative estimate of drug-likeness (QED) is 0.171. The molecular formula is C37H44F6N4O3. The van der Waals surface area contributed by atoms with Crippen molar-refractivity contribution in [2.45, 2.75) is 108 Å². The molecule has 7 nitrogen and oxygen atoms in total. The lowest BCUT2D eigenvalue weighted by atomic mass is 9.68. The topological polar surface area (TPSA) is 91.6 Å². The van der Waals surface area contributed by atoms with Gasteiger partial charge in [-0.2, -0.15) is 13.2 Å². The predicted molar refractivity (Wildman–Crippen MR) is 175 cm³/mol. The van der Waals surface area contributed by atoms with Gasteiger partial charge in [-0.15, -0.1) is 0 Å². The minimum atomic E-state index is -4.59. The molecule has 2 N–H and O–H groups in total. The minimum Gasteiger partial charge on any atom is -0.490 e. The van der Waals surface area contributed by atoms with E-state index in [1.807, 2.05) is 18.7 Å². The number of alkyl halides is 6. The zero-order valence-electron chi connectivity index (χ0n) is 28.3. The van der Waals surface area contributed by atoms with E-state index in [1.165, 1.54) is 0 Å². The zero-order valence-corrected chi connectivity index (χ0v) is 28.3. The maximum absolute atomic E-state index is 17.2. The summed E-state index contributed by atoms with van der Waals surface area (Å²) in [5, 5.41) is 20.6. The van der Waals surface area contributed by atoms with E-state index in [4.69, 9.17) is 14.8 Å². The van der Waals surface area contributed by atoms with Gasteiger partial charge in [0.2, 0.25) is 11.9 Å². The molecule has 1 saturated heterocycles. The summed E-state index contributed by atoms with van der Waals surface area (Å²) < 4.78 is 91.9. The number of anilines is 1. The van der Waals surface area contributed by atoms with E-state index in [2.05, 4.69) is 9.97 Å². The van der Waals surface area contributed by atoms with Gasteiger partial charge < -0.3 is 19.8 Å². The van der Waals surface area contributed by atoms with Gasteiger partial charge in [-0.3, -0.25) is 4.98 Å². The van der Waals surface area contributed by atoms with Crippen molar-refractivity contribution in [3.05, 3.63) is 75.9 Å². The van der Waals surface area contributed by atoms with Gasteiger partial charge in [-0.05, 0) is 73.1 Å². The number of nitrogens with zero attached hydrogens (tertiary/aromatic N) is 4. The van der Waals surface area contributed by atoms with E-state index in [0.717, 1.165) is 24.3 Å². The van der Waals surface area contributed by atoms with Crippen LogP contribution in [0.2, 0.25) is 0 Å². The number of aromatic nitrogens is 3. The van der Waals surface area contributed by atoms with Crippen molar-refractivity contribution in [2.24, 2.45) is 5.41 Å². The molecule has 272 valence electrons. The summed E-state index contributed by atoms with van der Waals surface area (Å²) >= 11 is 0. The minimum absolute atomic E-state index is 0.0125. The summed E-state index contributed by atoms with van der Waals surface area (Å²) in [5.41, 5.74) is 1.15. The first-order chi connectivity index (χ1) is 23.7. The maximum atomic E-state index is 17.2. The third-order valence-electron chi connectivity index (χ3n) is 10.4. The first-order valence-electron chi connectivity index (χ1n) is 17.4. The number of rotatable bonds is 9. The van der Waals surface area contributed by atoms with Crippen molar-refractivity contribution in [3.63, 3.8) is 0 Å². The highest BCUT2D eigenvalue weighted by molar-refractivity contribution is 5.51. The van der Waals surface area contributed by atoms with Gasteiger partial charge >= 0.3 is 6.18 Å². The number of aliphatic hydroxyl groups is 2. The van der Waals surface area contributed by atoms with Gasteiger partial charge in [0.15, 0.2) is 11.9 Å². The van der Waals surface area contributed by atoms with Crippen molar-refractivity contribution in [1.82, 2.24) is 15.0 Å². The van der Waals surface area contributed by atoms with Crippen LogP contribution in [-0.4, -0.2) is 57.4 Å². The molecule has 1 saturated carbocycles. The molecule has 1 aliphatic heterocycles. The first-order valence-corrected chi connectivity index (χ1v) is 17.4. The highest BCUT2D eigenvalue weighted by Gasteiger charge is 2.44. The lowest BCUT2D eigenvalue weighted by Gasteiger charge is -2.41. The summed E-state index contributed by atoms with van der Waals surface area (Å²) in [6, 6.07) is 3.97. The van der Waals surface area contributed by atoms with E-state index < -0.39 is 35.9 Å². The third kappa shape index (κ3) is 7.88. The highest BCUT2D eigenvalue weighted by Crippen LogP contribution is 2.52. The Bertz CT molecular complexity index is 1620. The number of fused-ring (bicyclic) bond motifs is 1. The monoisotopic (exact) mass is 706 g/mol. The Morgan fingerprint density at radius 2 is 1.60 bits per heavy atom. The summed E-state index contributed by atoms with van der Waals surface area (Å²) in [7, 11) is 0.